The van der Waals surface area contributed by atoms with Gasteiger partial charge in [-0.2, -0.15) is 0 Å². The van der Waals surface area contributed by atoms with E-state index >= 15 is 0 Å². The first kappa shape index (κ1) is 30.2. The highest BCUT2D eigenvalue weighted by Crippen LogP contribution is 2.31. The minimum absolute atomic E-state index is 0.00228. The van der Waals surface area contributed by atoms with Crippen molar-refractivity contribution in [3.8, 4) is 22.5 Å². The van der Waals surface area contributed by atoms with Gasteiger partial charge >= 0.3 is 6.03 Å². The summed E-state index contributed by atoms with van der Waals surface area (Å²) in [6.07, 6.45) is 6.02. The Labute approximate surface area is 272 Å². The van der Waals surface area contributed by atoms with Crippen molar-refractivity contribution in [2.24, 2.45) is 0 Å². The Morgan fingerprint density at radius 1 is 0.809 bits per heavy atom. The Morgan fingerprint density at radius 2 is 1.49 bits per heavy atom. The molecule has 12 heteroatoms. The van der Waals surface area contributed by atoms with E-state index < -0.39 is 0 Å². The lowest BCUT2D eigenvalue weighted by Gasteiger charge is -2.29. The monoisotopic (exact) mass is 629 g/mol. The van der Waals surface area contributed by atoms with Crippen molar-refractivity contribution in [2.45, 2.75) is 12.5 Å². The van der Waals surface area contributed by atoms with Gasteiger partial charge in [0.15, 0.2) is 5.82 Å². The second-order valence-corrected chi connectivity index (χ2v) is 11.6. The van der Waals surface area contributed by atoms with Crippen LogP contribution in [0, 0.1) is 0 Å². The molecule has 1 atom stereocenters. The summed E-state index contributed by atoms with van der Waals surface area (Å²) in [6.45, 7) is 4.20. The lowest BCUT2D eigenvalue weighted by atomic mass is 10.1. The second-order valence-electron chi connectivity index (χ2n) is 11.6. The first-order valence-electron chi connectivity index (χ1n) is 15.7. The molecule has 2 saturated heterocycles. The Morgan fingerprint density at radius 3 is 2.17 bits per heavy atom. The Balaban J connectivity index is 1.06. The normalized spacial score (nSPS) is 16.3. The lowest BCUT2D eigenvalue weighted by molar-refractivity contribution is 0.0789. The van der Waals surface area contributed by atoms with Gasteiger partial charge in [0.25, 0.3) is 5.91 Å². The van der Waals surface area contributed by atoms with Crippen molar-refractivity contribution in [3.05, 3.63) is 91.0 Å². The van der Waals surface area contributed by atoms with Crippen molar-refractivity contribution in [2.75, 3.05) is 62.0 Å². The molecule has 3 aromatic carbocycles. The molecule has 238 valence electrons. The van der Waals surface area contributed by atoms with Gasteiger partial charge in [0.2, 0.25) is 0 Å². The molecule has 0 unspecified atom stereocenters. The van der Waals surface area contributed by atoms with Crippen LogP contribution in [0.25, 0.3) is 33.4 Å². The summed E-state index contributed by atoms with van der Waals surface area (Å²) in [4.78, 5) is 48.0. The van der Waals surface area contributed by atoms with Gasteiger partial charge < -0.3 is 30.5 Å². The fraction of sp³-hybridized carbons (Fsp3) is 0.257. The summed E-state index contributed by atoms with van der Waals surface area (Å²) in [5, 5.41) is 9.90. The number of morpholine rings is 1. The summed E-state index contributed by atoms with van der Waals surface area (Å²) in [5.41, 5.74) is 5.32. The molecule has 3 amide bonds. The Kier molecular flexibility index (Phi) is 8.67. The maximum Gasteiger partial charge on any atom is 0.323 e. The van der Waals surface area contributed by atoms with Crippen LogP contribution in [0.15, 0.2) is 85.5 Å². The number of likely N-dealkylation sites (N-methyl/N-ethyl adjacent to an activating group) is 1. The van der Waals surface area contributed by atoms with E-state index in [0.29, 0.717) is 48.6 Å². The summed E-state index contributed by atoms with van der Waals surface area (Å²) >= 11 is 0. The molecule has 5 aromatic rings. The van der Waals surface area contributed by atoms with E-state index in [1.54, 1.807) is 36.7 Å². The summed E-state index contributed by atoms with van der Waals surface area (Å²) < 4.78 is 5.59. The number of likely N-dealkylation sites (tertiary alicyclic amines) is 1. The SMILES string of the molecule is CN[C@@H]1CCN(C(=O)c2ccc(NC(=O)Nc3ccc(-c4nc(N5CCOCC5)c5ccc(-c6cncnc6)cc5n4)cc3)cc2)C1. The van der Waals surface area contributed by atoms with Crippen LogP contribution in [0.4, 0.5) is 22.0 Å². The molecular weight excluding hydrogens is 594 g/mol. The zero-order chi connectivity index (χ0) is 32.2. The van der Waals surface area contributed by atoms with Crippen LogP contribution >= 0.6 is 0 Å². The van der Waals surface area contributed by atoms with Gasteiger partial charge in [-0.15, -0.1) is 0 Å². The van der Waals surface area contributed by atoms with E-state index in [9.17, 15) is 9.59 Å². The molecule has 7 rings (SSSR count). The number of benzene rings is 3. The number of urea groups is 1. The van der Waals surface area contributed by atoms with Crippen LogP contribution in [-0.2, 0) is 4.74 Å². The Hall–Kier alpha value is -5.46. The number of rotatable bonds is 7. The van der Waals surface area contributed by atoms with E-state index in [1.165, 1.54) is 6.33 Å². The van der Waals surface area contributed by atoms with Crippen LogP contribution in [-0.4, -0.2) is 89.3 Å². The van der Waals surface area contributed by atoms with E-state index in [0.717, 1.165) is 59.5 Å². The highest BCUT2D eigenvalue weighted by molar-refractivity contribution is 6.01. The molecule has 0 aliphatic carbocycles. The Bertz CT molecular complexity index is 1880. The number of hydrogen-bond donors (Lipinski definition) is 3. The van der Waals surface area contributed by atoms with Gasteiger partial charge in [0, 0.05) is 78.1 Å². The highest BCUT2D eigenvalue weighted by atomic mass is 16.5. The van der Waals surface area contributed by atoms with E-state index in [4.69, 9.17) is 14.7 Å². The number of anilines is 3. The van der Waals surface area contributed by atoms with Gasteiger partial charge in [0.1, 0.15) is 12.1 Å². The molecule has 0 radical (unpaired) electrons. The topological polar surface area (TPSA) is 138 Å². The second kappa shape index (κ2) is 13.5. The fourth-order valence-electron chi connectivity index (χ4n) is 5.94. The number of carbonyl (C=O) groups is 2. The summed E-state index contributed by atoms with van der Waals surface area (Å²) in [7, 11) is 1.91. The molecule has 2 aromatic heterocycles. The number of carbonyl (C=O) groups excluding carboxylic acids is 2. The van der Waals surface area contributed by atoms with Crippen LogP contribution in [0.5, 0.6) is 0 Å². The predicted octanol–water partition coefficient (Wildman–Crippen LogP) is 4.67. The van der Waals surface area contributed by atoms with Gasteiger partial charge in [-0.25, -0.2) is 24.7 Å². The number of hydrogen-bond acceptors (Lipinski definition) is 9. The van der Waals surface area contributed by atoms with Gasteiger partial charge in [-0.05, 0) is 79.7 Å². The summed E-state index contributed by atoms with van der Waals surface area (Å²) in [6, 6.07) is 20.5. The molecular formula is C35H35N9O3. The van der Waals surface area contributed by atoms with Crippen LogP contribution in [0.3, 0.4) is 0 Å². The highest BCUT2D eigenvalue weighted by Gasteiger charge is 2.26. The maximum absolute atomic E-state index is 12.8. The van der Waals surface area contributed by atoms with Crippen LogP contribution < -0.4 is 20.9 Å². The molecule has 0 saturated carbocycles. The third kappa shape index (κ3) is 6.74. The molecule has 2 fully saturated rings. The molecule has 47 heavy (non-hydrogen) atoms. The predicted molar refractivity (Wildman–Crippen MR) is 181 cm³/mol. The smallest absolute Gasteiger partial charge is 0.323 e. The molecule has 12 nitrogen and oxygen atoms in total. The molecule has 0 spiro atoms. The van der Waals surface area contributed by atoms with E-state index in [-0.39, 0.29) is 11.9 Å². The average Bonchev–Trinajstić information content (AvgIpc) is 3.62. The number of nitrogens with one attached hydrogen (secondary N) is 3. The largest absolute Gasteiger partial charge is 0.378 e. The van der Waals surface area contributed by atoms with Crippen molar-refractivity contribution in [3.63, 3.8) is 0 Å². The van der Waals surface area contributed by atoms with E-state index in [1.807, 2.05) is 48.3 Å². The lowest BCUT2D eigenvalue weighted by Crippen LogP contribution is -2.37. The molecule has 2 aliphatic heterocycles. The minimum Gasteiger partial charge on any atom is -0.378 e. The minimum atomic E-state index is -0.387. The quantitative estimate of drug-likeness (QED) is 0.235. The van der Waals surface area contributed by atoms with E-state index in [2.05, 4.69) is 36.9 Å². The molecule has 4 heterocycles. The number of fused-ring (bicyclic) bond motifs is 1. The number of amides is 3. The number of aromatic nitrogens is 4. The third-order valence-electron chi connectivity index (χ3n) is 8.56. The first-order valence-corrected chi connectivity index (χ1v) is 15.7. The zero-order valence-electron chi connectivity index (χ0n) is 26.0. The summed E-state index contributed by atoms with van der Waals surface area (Å²) in [5.74, 6) is 1.44. The first-order chi connectivity index (χ1) is 23.0. The standard InChI is InChI=1S/C35H35N9O3/c1-36-29-12-13-44(21-29)34(45)24-4-9-28(10-5-24)40-35(46)39-27-7-2-23(3-8-27)32-41-31-18-25(26-19-37-22-38-20-26)6-11-30(31)33(42-32)43-14-16-47-17-15-43/h2-11,18-20,22,29,36H,12-17,21H2,1H3,(H2,39,40,46)/t29-/m1/s1. The third-order valence-corrected chi connectivity index (χ3v) is 8.56. The average molecular weight is 630 g/mol. The van der Waals surface area contributed by atoms with Crippen LogP contribution in [0.2, 0.25) is 0 Å². The number of nitrogens with zero attached hydrogens (tertiary/aromatic N) is 6. The fourth-order valence-corrected chi connectivity index (χ4v) is 5.94. The van der Waals surface area contributed by atoms with Gasteiger partial charge in [-0.1, -0.05) is 6.07 Å². The number of ether oxygens (including phenoxy) is 1. The molecule has 3 N–H and O–H groups in total. The van der Waals surface area contributed by atoms with Crippen molar-refractivity contribution in [1.82, 2.24) is 30.2 Å². The van der Waals surface area contributed by atoms with Gasteiger partial charge in [-0.3, -0.25) is 4.79 Å². The maximum atomic E-state index is 12.8. The van der Waals surface area contributed by atoms with Crippen molar-refractivity contribution in [1.29, 1.82) is 0 Å². The molecule has 2 aliphatic rings. The van der Waals surface area contributed by atoms with Crippen molar-refractivity contribution >= 4 is 40.0 Å². The van der Waals surface area contributed by atoms with Crippen LogP contribution in [0.1, 0.15) is 16.8 Å². The molecule has 0 bridgehead atoms. The van der Waals surface area contributed by atoms with Crippen molar-refractivity contribution < 1.29 is 14.3 Å². The zero-order valence-corrected chi connectivity index (χ0v) is 26.0. The van der Waals surface area contributed by atoms with Gasteiger partial charge in [0.05, 0.1) is 18.7 Å².